The molecule has 0 amide bonds. The molecule has 0 aliphatic rings. The van der Waals surface area contributed by atoms with Gasteiger partial charge in [-0.1, -0.05) is 71.9 Å². The lowest BCUT2D eigenvalue weighted by atomic mass is 10.1. The minimum atomic E-state index is -0.991. The molecule has 1 unspecified atom stereocenters. The van der Waals surface area contributed by atoms with Crippen LogP contribution in [-0.2, 0) is 4.79 Å². The van der Waals surface area contributed by atoms with Gasteiger partial charge in [0, 0.05) is 10.6 Å². The van der Waals surface area contributed by atoms with Gasteiger partial charge in [0.05, 0.1) is 11.3 Å². The van der Waals surface area contributed by atoms with Crippen molar-refractivity contribution in [3.8, 4) is 17.3 Å². The average Bonchev–Trinajstić information content (AvgIpc) is 2.67. The van der Waals surface area contributed by atoms with Crippen molar-refractivity contribution in [3.05, 3.63) is 82.9 Å². The number of carboxylic acid groups (broad SMARTS) is 1. The normalized spacial score (nSPS) is 11.5. The fourth-order valence-electron chi connectivity index (χ4n) is 2.43. The molecule has 3 rings (SSSR count). The molecule has 0 saturated carbocycles. The van der Waals surface area contributed by atoms with Gasteiger partial charge in [0.15, 0.2) is 0 Å². The van der Waals surface area contributed by atoms with Crippen LogP contribution in [0.4, 0.5) is 0 Å². The van der Waals surface area contributed by atoms with Crippen LogP contribution in [0, 0.1) is 11.3 Å². The maximum absolute atomic E-state index is 11.8. The SMILES string of the molecule is N#Cc1ccc(-c2ccccc2Cl)nc1SC(C(=O)O)c1ccccc1. The fraction of sp³-hybridized carbons (Fsp3) is 0.0500. The Labute approximate surface area is 160 Å². The van der Waals surface area contributed by atoms with Crippen molar-refractivity contribution in [2.45, 2.75) is 10.3 Å². The summed E-state index contributed by atoms with van der Waals surface area (Å²) in [7, 11) is 0. The van der Waals surface area contributed by atoms with Crippen LogP contribution in [0.15, 0.2) is 71.8 Å². The first-order chi connectivity index (χ1) is 12.6. The zero-order chi connectivity index (χ0) is 18.5. The minimum absolute atomic E-state index is 0.327. The van der Waals surface area contributed by atoms with Crippen LogP contribution in [0.1, 0.15) is 16.4 Å². The van der Waals surface area contributed by atoms with Gasteiger partial charge in [0.25, 0.3) is 0 Å². The number of carboxylic acids is 1. The molecule has 4 nitrogen and oxygen atoms in total. The highest BCUT2D eigenvalue weighted by atomic mass is 35.5. The Morgan fingerprint density at radius 2 is 1.77 bits per heavy atom. The van der Waals surface area contributed by atoms with Crippen LogP contribution >= 0.6 is 23.4 Å². The Morgan fingerprint density at radius 1 is 1.08 bits per heavy atom. The number of rotatable bonds is 5. The second kappa shape index (κ2) is 8.05. The summed E-state index contributed by atoms with van der Waals surface area (Å²) in [5.74, 6) is -0.991. The summed E-state index contributed by atoms with van der Waals surface area (Å²) in [6, 6.07) is 21.6. The van der Waals surface area contributed by atoms with Gasteiger partial charge in [-0.05, 0) is 23.8 Å². The van der Waals surface area contributed by atoms with Gasteiger partial charge >= 0.3 is 5.97 Å². The number of aromatic nitrogens is 1. The van der Waals surface area contributed by atoms with Crippen LogP contribution in [-0.4, -0.2) is 16.1 Å². The second-order valence-electron chi connectivity index (χ2n) is 5.39. The number of carbonyl (C=O) groups is 1. The molecule has 0 radical (unpaired) electrons. The van der Waals surface area contributed by atoms with Crippen molar-refractivity contribution in [1.82, 2.24) is 4.98 Å². The summed E-state index contributed by atoms with van der Waals surface area (Å²) in [6.45, 7) is 0. The van der Waals surface area contributed by atoms with Crippen molar-refractivity contribution in [2.75, 3.05) is 0 Å². The van der Waals surface area contributed by atoms with Crippen molar-refractivity contribution >= 4 is 29.3 Å². The molecule has 128 valence electrons. The first kappa shape index (κ1) is 18.0. The molecule has 0 spiro atoms. The Balaban J connectivity index is 2.03. The van der Waals surface area contributed by atoms with E-state index in [-0.39, 0.29) is 0 Å². The van der Waals surface area contributed by atoms with E-state index in [2.05, 4.69) is 11.1 Å². The van der Waals surface area contributed by atoms with Gasteiger partial charge < -0.3 is 5.11 Å². The summed E-state index contributed by atoms with van der Waals surface area (Å²) in [5, 5.41) is 19.0. The van der Waals surface area contributed by atoms with E-state index < -0.39 is 11.2 Å². The van der Waals surface area contributed by atoms with Crippen molar-refractivity contribution in [1.29, 1.82) is 5.26 Å². The molecule has 1 N–H and O–H groups in total. The van der Waals surface area contributed by atoms with Gasteiger partial charge in [0.1, 0.15) is 16.3 Å². The van der Waals surface area contributed by atoms with E-state index >= 15 is 0 Å². The molecule has 1 heterocycles. The predicted molar refractivity (Wildman–Crippen MR) is 102 cm³/mol. The van der Waals surface area contributed by atoms with Gasteiger partial charge in [-0.2, -0.15) is 5.26 Å². The van der Waals surface area contributed by atoms with Gasteiger partial charge in [-0.25, -0.2) is 4.98 Å². The molecular formula is C20H13ClN2O2S. The molecule has 6 heteroatoms. The van der Waals surface area contributed by atoms with Crippen molar-refractivity contribution in [3.63, 3.8) is 0 Å². The number of hydrogen-bond donors (Lipinski definition) is 1. The van der Waals surface area contributed by atoms with Gasteiger partial charge in [-0.3, -0.25) is 4.79 Å². The molecule has 1 aromatic heterocycles. The third-order valence-electron chi connectivity index (χ3n) is 3.69. The van der Waals surface area contributed by atoms with Gasteiger partial charge in [-0.15, -0.1) is 0 Å². The van der Waals surface area contributed by atoms with Crippen LogP contribution in [0.5, 0.6) is 0 Å². The highest BCUT2D eigenvalue weighted by molar-refractivity contribution is 8.00. The van der Waals surface area contributed by atoms with Crippen LogP contribution in [0.2, 0.25) is 5.02 Å². The van der Waals surface area contributed by atoms with Crippen LogP contribution in [0.25, 0.3) is 11.3 Å². The molecule has 0 aliphatic heterocycles. The first-order valence-corrected chi connectivity index (χ1v) is 8.96. The van der Waals surface area contributed by atoms with E-state index in [9.17, 15) is 15.2 Å². The summed E-state index contributed by atoms with van der Waals surface area (Å²) in [5.41, 5.74) is 2.29. The van der Waals surface area contributed by atoms with Crippen LogP contribution in [0.3, 0.4) is 0 Å². The second-order valence-corrected chi connectivity index (χ2v) is 6.89. The van der Waals surface area contributed by atoms with E-state index in [1.54, 1.807) is 42.5 Å². The number of nitrogens with zero attached hydrogens (tertiary/aromatic N) is 2. The Bertz CT molecular complexity index is 987. The highest BCUT2D eigenvalue weighted by Crippen LogP contribution is 2.37. The van der Waals surface area contributed by atoms with Gasteiger partial charge in [0.2, 0.25) is 0 Å². The number of halogens is 1. The number of pyridine rings is 1. The molecule has 26 heavy (non-hydrogen) atoms. The monoisotopic (exact) mass is 380 g/mol. The Hall–Kier alpha value is -2.81. The third-order valence-corrected chi connectivity index (χ3v) is 5.26. The average molecular weight is 381 g/mol. The summed E-state index contributed by atoms with van der Waals surface area (Å²) >= 11 is 7.27. The zero-order valence-electron chi connectivity index (χ0n) is 13.5. The lowest BCUT2D eigenvalue weighted by Gasteiger charge is -2.14. The predicted octanol–water partition coefficient (Wildman–Crippen LogP) is 5.19. The van der Waals surface area contributed by atoms with E-state index in [4.69, 9.17) is 11.6 Å². The summed E-state index contributed by atoms with van der Waals surface area (Å²) in [4.78, 5) is 16.3. The largest absolute Gasteiger partial charge is 0.480 e. The molecule has 0 aliphatic carbocycles. The zero-order valence-corrected chi connectivity index (χ0v) is 15.0. The maximum Gasteiger partial charge on any atom is 0.321 e. The van der Waals surface area contributed by atoms with Crippen molar-refractivity contribution in [2.24, 2.45) is 0 Å². The molecule has 1 atom stereocenters. The Morgan fingerprint density at radius 3 is 2.42 bits per heavy atom. The minimum Gasteiger partial charge on any atom is -0.480 e. The molecule has 0 bridgehead atoms. The van der Waals surface area contributed by atoms with E-state index in [1.165, 1.54) is 0 Å². The molecule has 2 aromatic carbocycles. The van der Waals surface area contributed by atoms with Crippen LogP contribution < -0.4 is 0 Å². The van der Waals surface area contributed by atoms with Crippen molar-refractivity contribution < 1.29 is 9.90 Å². The van der Waals surface area contributed by atoms with E-state index in [0.29, 0.717) is 26.9 Å². The number of thioether (sulfide) groups is 1. The molecular weight excluding hydrogens is 368 g/mol. The number of nitriles is 1. The lowest BCUT2D eigenvalue weighted by molar-refractivity contribution is -0.136. The topological polar surface area (TPSA) is 74.0 Å². The standard InChI is InChI=1S/C20H13ClN2O2S/c21-16-9-5-4-8-15(16)17-11-10-14(12-22)19(23-17)26-18(20(24)25)13-6-2-1-3-7-13/h1-11,18H,(H,24,25). The van der Waals surface area contributed by atoms with E-state index in [1.807, 2.05) is 24.3 Å². The first-order valence-electron chi connectivity index (χ1n) is 7.70. The summed E-state index contributed by atoms with van der Waals surface area (Å²) in [6.07, 6.45) is 0. The van der Waals surface area contributed by atoms with E-state index in [0.717, 1.165) is 17.3 Å². The fourth-order valence-corrected chi connectivity index (χ4v) is 3.68. The maximum atomic E-state index is 11.8. The highest BCUT2D eigenvalue weighted by Gasteiger charge is 2.23. The quantitative estimate of drug-likeness (QED) is 0.616. The Kier molecular flexibility index (Phi) is 5.57. The lowest BCUT2D eigenvalue weighted by Crippen LogP contribution is -2.08. The summed E-state index contributed by atoms with van der Waals surface area (Å²) < 4.78 is 0. The number of hydrogen-bond acceptors (Lipinski definition) is 4. The molecule has 0 fully saturated rings. The molecule has 3 aromatic rings. The number of aliphatic carboxylic acids is 1. The number of benzene rings is 2. The smallest absolute Gasteiger partial charge is 0.321 e. The molecule has 0 saturated heterocycles. The third kappa shape index (κ3) is 3.88.